The lowest BCUT2D eigenvalue weighted by atomic mass is 9.70. The van der Waals surface area contributed by atoms with Crippen molar-refractivity contribution in [1.82, 2.24) is 4.98 Å². The molecule has 6 heteroatoms. The van der Waals surface area contributed by atoms with Crippen LogP contribution in [0.5, 0.6) is 5.88 Å². The number of hydrogen-bond donors (Lipinski definition) is 2. The highest BCUT2D eigenvalue weighted by atomic mass is 16.5. The van der Waals surface area contributed by atoms with Gasteiger partial charge >= 0.3 is 0 Å². The summed E-state index contributed by atoms with van der Waals surface area (Å²) < 4.78 is 5.63. The molecule has 1 saturated carbocycles. The third-order valence-electron chi connectivity index (χ3n) is 6.05. The fourth-order valence-electron chi connectivity index (χ4n) is 4.23. The number of aliphatic hydroxyl groups excluding tert-OH is 1. The molecule has 1 aliphatic heterocycles. The first-order valence-electron chi connectivity index (χ1n) is 10.0. The van der Waals surface area contributed by atoms with Gasteiger partial charge in [0.25, 0.3) is 5.91 Å². The maximum Gasteiger partial charge on any atom is 0.264 e. The van der Waals surface area contributed by atoms with Crippen molar-refractivity contribution < 1.29 is 14.6 Å². The summed E-state index contributed by atoms with van der Waals surface area (Å²) in [6.07, 6.45) is 0.832. The molecule has 2 aliphatic rings. The number of nitrogens with zero attached hydrogens (tertiary/aromatic N) is 2. The van der Waals surface area contributed by atoms with Crippen molar-refractivity contribution in [2.24, 2.45) is 5.73 Å². The van der Waals surface area contributed by atoms with E-state index < -0.39 is 5.54 Å². The van der Waals surface area contributed by atoms with Gasteiger partial charge in [0.15, 0.2) is 6.61 Å². The van der Waals surface area contributed by atoms with Crippen LogP contribution in [0, 0.1) is 0 Å². The highest BCUT2D eigenvalue weighted by Crippen LogP contribution is 2.42. The predicted molar refractivity (Wildman–Crippen MR) is 115 cm³/mol. The molecular formula is C24H23N3O3. The minimum atomic E-state index is -0.463. The van der Waals surface area contributed by atoms with Gasteiger partial charge in [-0.15, -0.1) is 0 Å². The van der Waals surface area contributed by atoms with Crippen molar-refractivity contribution >= 4 is 11.6 Å². The van der Waals surface area contributed by atoms with Gasteiger partial charge < -0.3 is 20.5 Å². The maximum absolute atomic E-state index is 12.1. The van der Waals surface area contributed by atoms with E-state index in [1.165, 1.54) is 0 Å². The number of aromatic nitrogens is 1. The molecule has 2 aromatic carbocycles. The van der Waals surface area contributed by atoms with Crippen molar-refractivity contribution in [2.45, 2.75) is 24.5 Å². The molecule has 0 saturated heterocycles. The Morgan fingerprint density at radius 2 is 1.80 bits per heavy atom. The van der Waals surface area contributed by atoms with Crippen LogP contribution in [0.3, 0.4) is 0 Å². The van der Waals surface area contributed by atoms with E-state index in [9.17, 15) is 9.90 Å². The number of aliphatic hydroxyl groups is 1. The third kappa shape index (κ3) is 3.05. The number of anilines is 1. The number of likely N-dealkylation sites (N-methyl/N-ethyl adjacent to an activating group) is 1. The lowest BCUT2D eigenvalue weighted by molar-refractivity contribution is -0.121. The first kappa shape index (κ1) is 18.8. The summed E-state index contributed by atoms with van der Waals surface area (Å²) in [5.74, 6) is 0.351. The average molecular weight is 401 g/mol. The molecule has 0 bridgehead atoms. The highest BCUT2D eigenvalue weighted by Gasteiger charge is 2.41. The first-order chi connectivity index (χ1) is 14.4. The molecular weight excluding hydrogens is 378 g/mol. The quantitative estimate of drug-likeness (QED) is 0.704. The van der Waals surface area contributed by atoms with Crippen molar-refractivity contribution in [1.29, 1.82) is 0 Å². The van der Waals surface area contributed by atoms with Crippen LogP contribution in [0.4, 0.5) is 5.69 Å². The molecule has 0 spiro atoms. The second kappa shape index (κ2) is 6.93. The van der Waals surface area contributed by atoms with Gasteiger partial charge in [0.05, 0.1) is 11.8 Å². The van der Waals surface area contributed by atoms with E-state index in [2.05, 4.69) is 0 Å². The number of carbonyl (C=O) groups excluding carboxylic acids is 1. The van der Waals surface area contributed by atoms with Crippen LogP contribution in [-0.2, 0) is 10.3 Å². The van der Waals surface area contributed by atoms with Gasteiger partial charge in [0.1, 0.15) is 5.69 Å². The molecule has 0 radical (unpaired) electrons. The van der Waals surface area contributed by atoms with Crippen LogP contribution in [-0.4, -0.2) is 35.8 Å². The Bertz CT molecular complexity index is 1110. The third-order valence-corrected chi connectivity index (χ3v) is 6.05. The van der Waals surface area contributed by atoms with Crippen molar-refractivity contribution in [2.75, 3.05) is 18.6 Å². The Hall–Kier alpha value is -3.22. The van der Waals surface area contributed by atoms with Crippen LogP contribution in [0.1, 0.15) is 18.4 Å². The van der Waals surface area contributed by atoms with E-state index in [1.807, 2.05) is 60.7 Å². The minimum Gasteiger partial charge on any atom is -0.466 e. The van der Waals surface area contributed by atoms with Gasteiger partial charge in [-0.25, -0.2) is 4.98 Å². The lowest BCUT2D eigenvalue weighted by Gasteiger charge is -2.42. The van der Waals surface area contributed by atoms with Crippen molar-refractivity contribution in [3.63, 3.8) is 0 Å². The van der Waals surface area contributed by atoms with Crippen molar-refractivity contribution in [3.8, 4) is 28.3 Å². The Balaban J connectivity index is 1.61. The predicted octanol–water partition coefficient (Wildman–Crippen LogP) is 3.08. The summed E-state index contributed by atoms with van der Waals surface area (Å²) in [6, 6.07) is 20.0. The van der Waals surface area contributed by atoms with Gasteiger partial charge in [0, 0.05) is 23.7 Å². The molecule has 30 heavy (non-hydrogen) atoms. The number of carbonyl (C=O) groups is 1. The molecule has 1 aromatic heterocycles. The Morgan fingerprint density at radius 1 is 1.10 bits per heavy atom. The fourth-order valence-corrected chi connectivity index (χ4v) is 4.23. The largest absolute Gasteiger partial charge is 0.466 e. The summed E-state index contributed by atoms with van der Waals surface area (Å²) in [7, 11) is 1.74. The number of rotatable bonds is 3. The Morgan fingerprint density at radius 3 is 2.47 bits per heavy atom. The van der Waals surface area contributed by atoms with Crippen LogP contribution in [0.15, 0.2) is 60.7 Å². The molecule has 152 valence electrons. The zero-order valence-corrected chi connectivity index (χ0v) is 16.7. The number of pyridine rings is 1. The molecule has 5 rings (SSSR count). The van der Waals surface area contributed by atoms with E-state index >= 15 is 0 Å². The van der Waals surface area contributed by atoms with E-state index in [0.717, 1.165) is 27.9 Å². The molecule has 1 amide bonds. The van der Waals surface area contributed by atoms with E-state index in [4.69, 9.17) is 15.5 Å². The smallest absolute Gasteiger partial charge is 0.264 e. The van der Waals surface area contributed by atoms with Gasteiger partial charge in [-0.3, -0.25) is 4.79 Å². The minimum absolute atomic E-state index is 0.0163. The summed E-state index contributed by atoms with van der Waals surface area (Å²) in [6.45, 7) is -0.0163. The monoisotopic (exact) mass is 401 g/mol. The van der Waals surface area contributed by atoms with Gasteiger partial charge in [-0.1, -0.05) is 54.6 Å². The summed E-state index contributed by atoms with van der Waals surface area (Å²) in [5.41, 5.74) is 11.3. The SMILES string of the molecule is CN1C(=O)COc2nc(-c3ccc(C4(N)CC(O)C4)cc3)c(-c3ccccc3)cc21. The van der Waals surface area contributed by atoms with Gasteiger partial charge in [-0.05, 0) is 30.0 Å². The number of nitrogens with two attached hydrogens (primary N) is 1. The van der Waals surface area contributed by atoms with E-state index in [-0.39, 0.29) is 18.6 Å². The fraction of sp³-hybridized carbons (Fsp3) is 0.250. The Kier molecular flexibility index (Phi) is 4.34. The van der Waals surface area contributed by atoms with Crippen LogP contribution < -0.4 is 15.4 Å². The molecule has 1 aliphatic carbocycles. The molecule has 0 atom stereocenters. The maximum atomic E-state index is 12.1. The molecule has 6 nitrogen and oxygen atoms in total. The van der Waals surface area contributed by atoms with Crippen LogP contribution in [0.25, 0.3) is 22.4 Å². The summed E-state index contributed by atoms with van der Waals surface area (Å²) in [4.78, 5) is 18.5. The van der Waals surface area contributed by atoms with E-state index in [1.54, 1.807) is 11.9 Å². The molecule has 2 heterocycles. The normalized spacial score (nSPS) is 22.8. The summed E-state index contributed by atoms with van der Waals surface area (Å²) >= 11 is 0. The van der Waals surface area contributed by atoms with Crippen LogP contribution >= 0.6 is 0 Å². The standard InChI is InChI=1S/C24H23N3O3/c1-27-20-11-19(15-5-3-2-4-6-15)22(26-23(20)30-14-21(27)29)16-7-9-17(10-8-16)24(25)12-18(28)13-24/h2-11,18,28H,12-14,25H2,1H3. The van der Waals surface area contributed by atoms with Gasteiger partial charge in [0.2, 0.25) is 5.88 Å². The topological polar surface area (TPSA) is 88.7 Å². The second-order valence-corrected chi connectivity index (χ2v) is 8.11. The number of ether oxygens (including phenoxy) is 1. The molecule has 1 fully saturated rings. The summed E-state index contributed by atoms with van der Waals surface area (Å²) in [5, 5.41) is 9.66. The second-order valence-electron chi connectivity index (χ2n) is 8.11. The average Bonchev–Trinajstić information content (AvgIpc) is 2.75. The van der Waals surface area contributed by atoms with Crippen LogP contribution in [0.2, 0.25) is 0 Å². The van der Waals surface area contributed by atoms with Gasteiger partial charge in [-0.2, -0.15) is 0 Å². The lowest BCUT2D eigenvalue weighted by Crippen LogP contribution is -2.51. The zero-order valence-electron chi connectivity index (χ0n) is 16.7. The molecule has 0 unspecified atom stereocenters. The number of fused-ring (bicyclic) bond motifs is 1. The van der Waals surface area contributed by atoms with Crippen molar-refractivity contribution in [3.05, 3.63) is 66.2 Å². The first-order valence-corrected chi connectivity index (χ1v) is 10.0. The number of benzene rings is 2. The van der Waals surface area contributed by atoms with E-state index in [0.29, 0.717) is 24.4 Å². The zero-order chi connectivity index (χ0) is 20.9. The number of hydrogen-bond acceptors (Lipinski definition) is 5. The Labute approximate surface area is 174 Å². The number of amides is 1. The highest BCUT2D eigenvalue weighted by molar-refractivity contribution is 5.98. The molecule has 3 N–H and O–H groups in total. The molecule has 3 aromatic rings.